The van der Waals surface area contributed by atoms with Crippen molar-refractivity contribution in [3.63, 3.8) is 0 Å². The zero-order chi connectivity index (χ0) is 15.1. The summed E-state index contributed by atoms with van der Waals surface area (Å²) >= 11 is 5.29. The van der Waals surface area contributed by atoms with Crippen LogP contribution in [-0.2, 0) is 0 Å². The van der Waals surface area contributed by atoms with E-state index in [1.54, 1.807) is 0 Å². The second kappa shape index (κ2) is 7.64. The Bertz CT molecular complexity index is 569. The van der Waals surface area contributed by atoms with Gasteiger partial charge < -0.3 is 15.4 Å². The van der Waals surface area contributed by atoms with Crippen molar-refractivity contribution in [3.8, 4) is 5.75 Å². The lowest BCUT2D eigenvalue weighted by atomic mass is 10.3. The largest absolute Gasteiger partial charge is 0.491 e. The highest BCUT2D eigenvalue weighted by molar-refractivity contribution is 7.80. The average Bonchev–Trinajstić information content (AvgIpc) is 2.50. The van der Waals surface area contributed by atoms with Gasteiger partial charge in [0.1, 0.15) is 5.75 Å². The van der Waals surface area contributed by atoms with E-state index >= 15 is 0 Å². The van der Waals surface area contributed by atoms with Crippen LogP contribution in [0.1, 0.15) is 20.3 Å². The van der Waals surface area contributed by atoms with Gasteiger partial charge in [0.05, 0.1) is 6.10 Å². The number of ether oxygens (including phenoxy) is 1. The zero-order valence-corrected chi connectivity index (χ0v) is 13.1. The fourth-order valence-corrected chi connectivity index (χ4v) is 1.98. The Kier molecular flexibility index (Phi) is 5.58. The highest BCUT2D eigenvalue weighted by atomic mass is 32.1. The van der Waals surface area contributed by atoms with E-state index in [0.29, 0.717) is 5.11 Å². The minimum absolute atomic E-state index is 0.227. The molecule has 1 atom stereocenters. The molecule has 2 N–H and O–H groups in total. The number of para-hydroxylation sites is 1. The molecule has 0 saturated heterocycles. The van der Waals surface area contributed by atoms with Crippen LogP contribution in [0.2, 0.25) is 0 Å². The summed E-state index contributed by atoms with van der Waals surface area (Å²) in [6.45, 7) is 4.17. The predicted octanol–water partition coefficient (Wildman–Crippen LogP) is 4.67. The molecule has 0 aliphatic carbocycles. The third-order valence-electron chi connectivity index (χ3n) is 3.06. The molecule has 0 bridgehead atoms. The lowest BCUT2D eigenvalue weighted by molar-refractivity contribution is 0.217. The van der Waals surface area contributed by atoms with E-state index < -0.39 is 0 Å². The first-order chi connectivity index (χ1) is 10.2. The summed E-state index contributed by atoms with van der Waals surface area (Å²) in [6.07, 6.45) is 1.22. The number of thiocarbonyl (C=S) groups is 1. The molecule has 0 amide bonds. The Morgan fingerprint density at radius 3 is 2.14 bits per heavy atom. The molecule has 0 fully saturated rings. The molecule has 0 aromatic heterocycles. The molecule has 1 unspecified atom stereocenters. The molecule has 0 spiro atoms. The molecule has 0 heterocycles. The van der Waals surface area contributed by atoms with Gasteiger partial charge in [-0.1, -0.05) is 25.1 Å². The molecule has 0 radical (unpaired) electrons. The summed E-state index contributed by atoms with van der Waals surface area (Å²) in [6, 6.07) is 17.6. The Morgan fingerprint density at radius 1 is 1.00 bits per heavy atom. The fourth-order valence-electron chi connectivity index (χ4n) is 1.75. The molecule has 110 valence electrons. The van der Waals surface area contributed by atoms with Gasteiger partial charge in [-0.15, -0.1) is 0 Å². The van der Waals surface area contributed by atoms with E-state index in [0.717, 1.165) is 23.5 Å². The summed E-state index contributed by atoms with van der Waals surface area (Å²) in [5.41, 5.74) is 1.90. The normalized spacial score (nSPS) is 11.5. The van der Waals surface area contributed by atoms with Crippen molar-refractivity contribution >= 4 is 28.7 Å². The van der Waals surface area contributed by atoms with E-state index in [-0.39, 0.29) is 6.10 Å². The zero-order valence-electron chi connectivity index (χ0n) is 12.3. The third kappa shape index (κ3) is 5.08. The van der Waals surface area contributed by atoms with Gasteiger partial charge in [0.2, 0.25) is 0 Å². The van der Waals surface area contributed by atoms with Gasteiger partial charge in [0.25, 0.3) is 0 Å². The van der Waals surface area contributed by atoms with Crippen LogP contribution in [0.15, 0.2) is 54.6 Å². The molecule has 3 nitrogen and oxygen atoms in total. The minimum Gasteiger partial charge on any atom is -0.491 e. The van der Waals surface area contributed by atoms with Gasteiger partial charge in [-0.2, -0.15) is 0 Å². The second-order valence-corrected chi connectivity index (χ2v) is 5.21. The molecular formula is C17H20N2OS. The number of nitrogens with one attached hydrogen (secondary N) is 2. The molecule has 2 aromatic rings. The van der Waals surface area contributed by atoms with Crippen LogP contribution >= 0.6 is 12.2 Å². The molecular weight excluding hydrogens is 280 g/mol. The van der Waals surface area contributed by atoms with Crippen molar-refractivity contribution in [3.05, 3.63) is 54.6 Å². The Balaban J connectivity index is 1.89. The van der Waals surface area contributed by atoms with Crippen LogP contribution in [-0.4, -0.2) is 11.2 Å². The summed E-state index contributed by atoms with van der Waals surface area (Å²) in [7, 11) is 0. The van der Waals surface area contributed by atoms with Crippen LogP contribution in [0.5, 0.6) is 5.75 Å². The number of hydrogen-bond acceptors (Lipinski definition) is 2. The maximum absolute atomic E-state index is 5.74. The highest BCUT2D eigenvalue weighted by Crippen LogP contribution is 2.18. The molecule has 0 saturated carbocycles. The van der Waals surface area contributed by atoms with Crippen LogP contribution in [0.3, 0.4) is 0 Å². The molecule has 0 aliphatic heterocycles. The highest BCUT2D eigenvalue weighted by Gasteiger charge is 2.02. The topological polar surface area (TPSA) is 33.3 Å². The molecule has 2 rings (SSSR count). The molecule has 4 heteroatoms. The standard InChI is InChI=1S/C17H20N2OS/c1-3-13(2)20-16-11-9-15(10-12-16)19-17(21)18-14-7-5-4-6-8-14/h4-13H,3H2,1-2H3,(H2,18,19,21). The van der Waals surface area contributed by atoms with E-state index in [4.69, 9.17) is 17.0 Å². The first-order valence-electron chi connectivity index (χ1n) is 7.07. The summed E-state index contributed by atoms with van der Waals surface area (Å²) in [5.74, 6) is 0.872. The first kappa shape index (κ1) is 15.3. The van der Waals surface area contributed by atoms with Crippen molar-refractivity contribution < 1.29 is 4.74 Å². The van der Waals surface area contributed by atoms with Gasteiger partial charge in [0.15, 0.2) is 5.11 Å². The van der Waals surface area contributed by atoms with E-state index in [2.05, 4.69) is 24.5 Å². The Hall–Kier alpha value is -2.07. The van der Waals surface area contributed by atoms with Crippen molar-refractivity contribution in [2.75, 3.05) is 10.6 Å². The monoisotopic (exact) mass is 300 g/mol. The minimum atomic E-state index is 0.227. The van der Waals surface area contributed by atoms with Crippen molar-refractivity contribution in [1.82, 2.24) is 0 Å². The van der Waals surface area contributed by atoms with Crippen molar-refractivity contribution in [2.24, 2.45) is 0 Å². The van der Waals surface area contributed by atoms with Crippen molar-refractivity contribution in [2.45, 2.75) is 26.4 Å². The van der Waals surface area contributed by atoms with E-state index in [9.17, 15) is 0 Å². The summed E-state index contributed by atoms with van der Waals surface area (Å²) in [4.78, 5) is 0. The van der Waals surface area contributed by atoms with Gasteiger partial charge in [-0.05, 0) is 62.0 Å². The van der Waals surface area contributed by atoms with Gasteiger partial charge in [0, 0.05) is 11.4 Å². The van der Waals surface area contributed by atoms with Crippen LogP contribution < -0.4 is 15.4 Å². The van der Waals surface area contributed by atoms with Gasteiger partial charge in [-0.25, -0.2) is 0 Å². The molecule has 21 heavy (non-hydrogen) atoms. The number of anilines is 2. The summed E-state index contributed by atoms with van der Waals surface area (Å²) in [5, 5.41) is 6.85. The SMILES string of the molecule is CCC(C)Oc1ccc(NC(=S)Nc2ccccc2)cc1. The van der Waals surface area contributed by atoms with Gasteiger partial charge >= 0.3 is 0 Å². The fraction of sp³-hybridized carbons (Fsp3) is 0.235. The lowest BCUT2D eigenvalue weighted by Crippen LogP contribution is -2.18. The Morgan fingerprint density at radius 2 is 1.57 bits per heavy atom. The van der Waals surface area contributed by atoms with Crippen molar-refractivity contribution in [1.29, 1.82) is 0 Å². The lowest BCUT2D eigenvalue weighted by Gasteiger charge is -2.14. The van der Waals surface area contributed by atoms with Gasteiger partial charge in [-0.3, -0.25) is 0 Å². The average molecular weight is 300 g/mol. The first-order valence-corrected chi connectivity index (χ1v) is 7.48. The van der Waals surface area contributed by atoms with Crippen LogP contribution in [0.25, 0.3) is 0 Å². The van der Waals surface area contributed by atoms with Crippen LogP contribution in [0.4, 0.5) is 11.4 Å². The summed E-state index contributed by atoms with van der Waals surface area (Å²) < 4.78 is 5.74. The van der Waals surface area contributed by atoms with E-state index in [1.807, 2.05) is 54.6 Å². The quantitative estimate of drug-likeness (QED) is 0.786. The van der Waals surface area contributed by atoms with E-state index in [1.165, 1.54) is 0 Å². The number of hydrogen-bond donors (Lipinski definition) is 2. The molecule has 2 aromatic carbocycles. The Labute approximate surface area is 131 Å². The second-order valence-electron chi connectivity index (χ2n) is 4.81. The third-order valence-corrected chi connectivity index (χ3v) is 3.26. The number of rotatable bonds is 5. The van der Waals surface area contributed by atoms with Crippen LogP contribution in [0, 0.1) is 0 Å². The number of benzene rings is 2. The predicted molar refractivity (Wildman–Crippen MR) is 93.1 cm³/mol. The molecule has 0 aliphatic rings. The maximum atomic E-state index is 5.74. The maximum Gasteiger partial charge on any atom is 0.175 e. The smallest absolute Gasteiger partial charge is 0.175 e.